The predicted molar refractivity (Wildman–Crippen MR) is 74.6 cm³/mol. The number of ether oxygens (including phenoxy) is 2. The molecule has 0 bridgehead atoms. The number of hydrogen-bond acceptors (Lipinski definition) is 3. The van der Waals surface area contributed by atoms with Crippen LogP contribution in [0.25, 0.3) is 0 Å². The Hall–Kier alpha value is -1.38. The summed E-state index contributed by atoms with van der Waals surface area (Å²) in [4.78, 5) is 0. The fraction of sp³-hybridized carbons (Fsp3) is 0.600. The molecule has 18 heavy (non-hydrogen) atoms. The molecule has 1 aliphatic heterocycles. The average Bonchev–Trinajstić information content (AvgIpc) is 2.60. The summed E-state index contributed by atoms with van der Waals surface area (Å²) in [5.74, 6) is 2.33. The van der Waals surface area contributed by atoms with Crippen LogP contribution in [0.4, 0.5) is 5.69 Å². The molecule has 0 spiro atoms. The standard InChI is InChI=1S/C15H23NO2/c1-4-13(11(2)3)16-12-6-7-14-15(10-12)18-9-5-8-17-14/h6-7,10-11,13,16H,4-5,8-9H2,1-3H3. The van der Waals surface area contributed by atoms with E-state index in [4.69, 9.17) is 9.47 Å². The Morgan fingerprint density at radius 3 is 2.56 bits per heavy atom. The van der Waals surface area contributed by atoms with E-state index >= 15 is 0 Å². The molecule has 100 valence electrons. The van der Waals surface area contributed by atoms with Gasteiger partial charge in [-0.25, -0.2) is 0 Å². The summed E-state index contributed by atoms with van der Waals surface area (Å²) in [6.07, 6.45) is 2.06. The normalized spacial score (nSPS) is 16.2. The lowest BCUT2D eigenvalue weighted by atomic mass is 10.0. The monoisotopic (exact) mass is 249 g/mol. The second-order valence-electron chi connectivity index (χ2n) is 5.12. The van der Waals surface area contributed by atoms with Gasteiger partial charge in [-0.15, -0.1) is 0 Å². The van der Waals surface area contributed by atoms with E-state index in [9.17, 15) is 0 Å². The van der Waals surface area contributed by atoms with Gasteiger partial charge in [-0.3, -0.25) is 0 Å². The summed E-state index contributed by atoms with van der Waals surface area (Å²) in [5, 5.41) is 3.56. The highest BCUT2D eigenvalue weighted by Gasteiger charge is 2.14. The molecule has 3 heteroatoms. The summed E-state index contributed by atoms with van der Waals surface area (Å²) in [6.45, 7) is 8.16. The Morgan fingerprint density at radius 2 is 1.89 bits per heavy atom. The molecule has 0 saturated heterocycles. The van der Waals surface area contributed by atoms with E-state index in [1.165, 1.54) is 0 Å². The second-order valence-corrected chi connectivity index (χ2v) is 5.12. The summed E-state index contributed by atoms with van der Waals surface area (Å²) in [7, 11) is 0. The van der Waals surface area contributed by atoms with Gasteiger partial charge in [0.2, 0.25) is 0 Å². The fourth-order valence-electron chi connectivity index (χ4n) is 2.21. The van der Waals surface area contributed by atoms with E-state index in [1.54, 1.807) is 0 Å². The molecule has 0 amide bonds. The summed E-state index contributed by atoms with van der Waals surface area (Å²) < 4.78 is 11.3. The Bertz CT molecular complexity index is 390. The molecule has 0 aromatic heterocycles. The lowest BCUT2D eigenvalue weighted by Gasteiger charge is -2.22. The van der Waals surface area contributed by atoms with Gasteiger partial charge in [-0.05, 0) is 24.5 Å². The predicted octanol–water partition coefficient (Wildman–Crippen LogP) is 3.69. The van der Waals surface area contributed by atoms with Crippen LogP contribution in [0.2, 0.25) is 0 Å². The lowest BCUT2D eigenvalue weighted by molar-refractivity contribution is 0.297. The number of benzene rings is 1. The van der Waals surface area contributed by atoms with Crippen LogP contribution in [0.1, 0.15) is 33.6 Å². The first-order valence-corrected chi connectivity index (χ1v) is 6.87. The van der Waals surface area contributed by atoms with Crippen LogP contribution < -0.4 is 14.8 Å². The molecule has 0 fully saturated rings. The number of rotatable bonds is 4. The van der Waals surface area contributed by atoms with Gasteiger partial charge in [0, 0.05) is 24.2 Å². The minimum absolute atomic E-state index is 0.495. The number of nitrogens with one attached hydrogen (secondary N) is 1. The van der Waals surface area contributed by atoms with Gasteiger partial charge >= 0.3 is 0 Å². The maximum atomic E-state index is 5.70. The maximum Gasteiger partial charge on any atom is 0.163 e. The number of anilines is 1. The van der Waals surface area contributed by atoms with Crippen molar-refractivity contribution in [2.24, 2.45) is 5.92 Å². The van der Waals surface area contributed by atoms with Crippen molar-refractivity contribution in [1.82, 2.24) is 0 Å². The first kappa shape index (κ1) is 13.1. The zero-order valence-electron chi connectivity index (χ0n) is 11.5. The van der Waals surface area contributed by atoms with Gasteiger partial charge in [0.05, 0.1) is 13.2 Å². The van der Waals surface area contributed by atoms with Gasteiger partial charge in [0.25, 0.3) is 0 Å². The van der Waals surface area contributed by atoms with Crippen LogP contribution in [0, 0.1) is 5.92 Å². The van der Waals surface area contributed by atoms with Crippen molar-refractivity contribution in [3.05, 3.63) is 18.2 Å². The average molecular weight is 249 g/mol. The Labute approximate surface area is 109 Å². The van der Waals surface area contributed by atoms with Gasteiger partial charge in [0.1, 0.15) is 0 Å². The van der Waals surface area contributed by atoms with Crippen molar-refractivity contribution in [3.63, 3.8) is 0 Å². The molecule has 0 saturated carbocycles. The maximum absolute atomic E-state index is 5.70. The fourth-order valence-corrected chi connectivity index (χ4v) is 2.21. The molecule has 2 rings (SSSR count). The minimum atomic E-state index is 0.495. The van der Waals surface area contributed by atoms with Crippen molar-refractivity contribution in [3.8, 4) is 11.5 Å². The quantitative estimate of drug-likeness (QED) is 0.882. The third-order valence-corrected chi connectivity index (χ3v) is 3.34. The molecule has 1 aliphatic rings. The molecule has 1 unspecified atom stereocenters. The molecule has 1 aromatic rings. The molecule has 3 nitrogen and oxygen atoms in total. The van der Waals surface area contributed by atoms with E-state index in [0.29, 0.717) is 12.0 Å². The van der Waals surface area contributed by atoms with Crippen LogP contribution in [0.3, 0.4) is 0 Å². The molecule has 1 aromatic carbocycles. The highest BCUT2D eigenvalue weighted by Crippen LogP contribution is 2.32. The van der Waals surface area contributed by atoms with Gasteiger partial charge in [-0.1, -0.05) is 20.8 Å². The van der Waals surface area contributed by atoms with Gasteiger partial charge in [0.15, 0.2) is 11.5 Å². The molecule has 0 aliphatic carbocycles. The second kappa shape index (κ2) is 5.98. The SMILES string of the molecule is CCC(Nc1ccc2c(c1)OCCCO2)C(C)C. The minimum Gasteiger partial charge on any atom is -0.490 e. The van der Waals surface area contributed by atoms with E-state index in [2.05, 4.69) is 32.2 Å². The lowest BCUT2D eigenvalue weighted by Crippen LogP contribution is -2.24. The summed E-state index contributed by atoms with van der Waals surface area (Å²) in [6, 6.07) is 6.61. The Morgan fingerprint density at radius 1 is 1.17 bits per heavy atom. The Balaban J connectivity index is 2.12. The summed E-state index contributed by atoms with van der Waals surface area (Å²) >= 11 is 0. The smallest absolute Gasteiger partial charge is 0.163 e. The zero-order valence-corrected chi connectivity index (χ0v) is 11.5. The summed E-state index contributed by atoms with van der Waals surface area (Å²) in [5.41, 5.74) is 1.11. The van der Waals surface area contributed by atoms with E-state index < -0.39 is 0 Å². The molecule has 0 radical (unpaired) electrons. The van der Waals surface area contributed by atoms with Crippen LogP contribution in [0.5, 0.6) is 11.5 Å². The van der Waals surface area contributed by atoms with Crippen molar-refractivity contribution < 1.29 is 9.47 Å². The Kier molecular flexibility index (Phi) is 4.34. The van der Waals surface area contributed by atoms with Crippen molar-refractivity contribution in [2.75, 3.05) is 18.5 Å². The highest BCUT2D eigenvalue weighted by atomic mass is 16.5. The first-order valence-electron chi connectivity index (χ1n) is 6.87. The number of hydrogen-bond donors (Lipinski definition) is 1. The molecule has 1 N–H and O–H groups in total. The number of fused-ring (bicyclic) bond motifs is 1. The van der Waals surface area contributed by atoms with Crippen LogP contribution in [-0.2, 0) is 0 Å². The van der Waals surface area contributed by atoms with Crippen molar-refractivity contribution in [1.29, 1.82) is 0 Å². The topological polar surface area (TPSA) is 30.5 Å². The van der Waals surface area contributed by atoms with Crippen molar-refractivity contribution >= 4 is 5.69 Å². The van der Waals surface area contributed by atoms with Crippen LogP contribution >= 0.6 is 0 Å². The molecule has 1 heterocycles. The first-order chi connectivity index (χ1) is 8.70. The van der Waals surface area contributed by atoms with Crippen LogP contribution in [0.15, 0.2) is 18.2 Å². The van der Waals surface area contributed by atoms with Gasteiger partial charge < -0.3 is 14.8 Å². The molecular formula is C15H23NO2. The highest BCUT2D eigenvalue weighted by molar-refractivity contribution is 5.55. The van der Waals surface area contributed by atoms with E-state index in [0.717, 1.165) is 43.2 Å². The molecule has 1 atom stereocenters. The van der Waals surface area contributed by atoms with Crippen molar-refractivity contribution in [2.45, 2.75) is 39.7 Å². The zero-order chi connectivity index (χ0) is 13.0. The molecular weight excluding hydrogens is 226 g/mol. The third-order valence-electron chi connectivity index (χ3n) is 3.34. The van der Waals surface area contributed by atoms with Gasteiger partial charge in [-0.2, -0.15) is 0 Å². The van der Waals surface area contributed by atoms with Crippen LogP contribution in [-0.4, -0.2) is 19.3 Å². The van der Waals surface area contributed by atoms with E-state index in [1.807, 2.05) is 12.1 Å². The largest absolute Gasteiger partial charge is 0.490 e. The third kappa shape index (κ3) is 3.09. The van der Waals surface area contributed by atoms with E-state index in [-0.39, 0.29) is 0 Å².